The maximum Gasteiger partial charge on any atom is 0.434 e. The van der Waals surface area contributed by atoms with Crippen LogP contribution in [0.2, 0.25) is 0 Å². The van der Waals surface area contributed by atoms with Gasteiger partial charge in [-0.15, -0.1) is 0 Å². The number of hydrogen-bond acceptors (Lipinski definition) is 3. The number of likely N-dealkylation sites (N-methyl/N-ethyl adjacent to an activating group) is 1. The van der Waals surface area contributed by atoms with E-state index in [9.17, 15) is 18.0 Å². The van der Waals surface area contributed by atoms with Crippen molar-refractivity contribution in [3.63, 3.8) is 0 Å². The molecule has 0 aliphatic heterocycles. The van der Waals surface area contributed by atoms with Gasteiger partial charge in [-0.25, -0.2) is 0 Å². The van der Waals surface area contributed by atoms with Crippen molar-refractivity contribution in [2.45, 2.75) is 19.1 Å². The first-order chi connectivity index (χ1) is 11.7. The molecule has 1 amide bonds. The number of aryl methyl sites for hydroxylation is 1. The number of alkyl halides is 3. The highest BCUT2D eigenvalue weighted by molar-refractivity contribution is 5.95. The fourth-order valence-corrected chi connectivity index (χ4v) is 2.49. The Morgan fingerprint density at radius 1 is 1.20 bits per heavy atom. The highest BCUT2D eigenvalue weighted by Crippen LogP contribution is 2.30. The predicted molar refractivity (Wildman–Crippen MR) is 89.2 cm³/mol. The third-order valence-corrected chi connectivity index (χ3v) is 3.86. The minimum absolute atomic E-state index is 0.157. The molecule has 0 aliphatic carbocycles. The normalized spacial score (nSPS) is 12.9. The van der Waals surface area contributed by atoms with Crippen LogP contribution in [0, 0.1) is 6.92 Å². The lowest BCUT2D eigenvalue weighted by Crippen LogP contribution is -2.35. The van der Waals surface area contributed by atoms with E-state index >= 15 is 0 Å². The van der Waals surface area contributed by atoms with Crippen molar-refractivity contribution >= 4 is 5.91 Å². The van der Waals surface area contributed by atoms with Crippen molar-refractivity contribution in [1.29, 1.82) is 0 Å². The van der Waals surface area contributed by atoms with Gasteiger partial charge in [-0.05, 0) is 38.7 Å². The topological polar surface area (TPSA) is 45.2 Å². The van der Waals surface area contributed by atoms with Crippen LogP contribution in [0.15, 0.2) is 42.6 Å². The number of benzene rings is 1. The zero-order valence-electron chi connectivity index (χ0n) is 14.3. The Balaban J connectivity index is 2.16. The number of rotatable bonds is 5. The van der Waals surface area contributed by atoms with Gasteiger partial charge in [-0.3, -0.25) is 9.78 Å². The van der Waals surface area contributed by atoms with Crippen molar-refractivity contribution < 1.29 is 18.0 Å². The van der Waals surface area contributed by atoms with Gasteiger partial charge in [-0.1, -0.05) is 29.8 Å². The molecule has 0 unspecified atom stereocenters. The van der Waals surface area contributed by atoms with Crippen molar-refractivity contribution in [2.24, 2.45) is 0 Å². The molecule has 0 radical (unpaired) electrons. The van der Waals surface area contributed by atoms with Gasteiger partial charge in [-0.2, -0.15) is 13.2 Å². The van der Waals surface area contributed by atoms with E-state index in [1.54, 1.807) is 0 Å². The molecule has 1 N–H and O–H groups in total. The smallest absolute Gasteiger partial charge is 0.350 e. The average Bonchev–Trinajstić information content (AvgIpc) is 2.55. The maximum atomic E-state index is 13.0. The van der Waals surface area contributed by atoms with Crippen molar-refractivity contribution in [1.82, 2.24) is 15.2 Å². The van der Waals surface area contributed by atoms with Crippen LogP contribution in [0.1, 0.15) is 33.2 Å². The highest BCUT2D eigenvalue weighted by Gasteiger charge is 2.37. The number of aromatic nitrogens is 1. The average molecular weight is 351 g/mol. The van der Waals surface area contributed by atoms with Gasteiger partial charge < -0.3 is 10.2 Å². The highest BCUT2D eigenvalue weighted by atomic mass is 19.4. The van der Waals surface area contributed by atoms with E-state index in [1.807, 2.05) is 50.2 Å². The Morgan fingerprint density at radius 2 is 1.84 bits per heavy atom. The van der Waals surface area contributed by atoms with Crippen LogP contribution in [0.5, 0.6) is 0 Å². The lowest BCUT2D eigenvalue weighted by atomic mass is 10.0. The van der Waals surface area contributed by atoms with Crippen LogP contribution in [0.4, 0.5) is 13.2 Å². The molecular weight excluding hydrogens is 331 g/mol. The van der Waals surface area contributed by atoms with E-state index < -0.39 is 23.3 Å². The summed E-state index contributed by atoms with van der Waals surface area (Å²) >= 11 is 0. The van der Waals surface area contributed by atoms with Crippen molar-refractivity contribution in [3.05, 3.63) is 65.0 Å². The third kappa shape index (κ3) is 4.79. The second-order valence-corrected chi connectivity index (χ2v) is 6.00. The first-order valence-electron chi connectivity index (χ1n) is 7.73. The minimum Gasteiger partial charge on any atom is -0.350 e. The number of carbonyl (C=O) groups is 1. The van der Waals surface area contributed by atoms with Crippen LogP contribution in [0.25, 0.3) is 0 Å². The number of halogens is 3. The van der Waals surface area contributed by atoms with Gasteiger partial charge in [0.05, 0.1) is 11.6 Å². The molecule has 0 bridgehead atoms. The first kappa shape index (κ1) is 18.9. The zero-order valence-corrected chi connectivity index (χ0v) is 14.3. The molecule has 0 fully saturated rings. The van der Waals surface area contributed by atoms with Crippen LogP contribution in [0.3, 0.4) is 0 Å². The number of carbonyl (C=O) groups excluding carboxylic acids is 1. The summed E-state index contributed by atoms with van der Waals surface area (Å²) in [5.41, 5.74) is 0.425. The monoisotopic (exact) mass is 351 g/mol. The van der Waals surface area contributed by atoms with Gasteiger partial charge in [0.15, 0.2) is 5.69 Å². The fourth-order valence-electron chi connectivity index (χ4n) is 2.49. The number of nitrogens with zero attached hydrogens (tertiary/aromatic N) is 2. The molecule has 1 aromatic carbocycles. The second kappa shape index (κ2) is 7.65. The summed E-state index contributed by atoms with van der Waals surface area (Å²) < 4.78 is 39.0. The molecule has 134 valence electrons. The molecule has 1 aromatic heterocycles. The number of pyridine rings is 1. The Morgan fingerprint density at radius 3 is 2.40 bits per heavy atom. The fraction of sp³-hybridized carbons (Fsp3) is 0.333. The van der Waals surface area contributed by atoms with Gasteiger partial charge in [0, 0.05) is 12.7 Å². The standard InChI is InChI=1S/C18H20F3N3O/c1-12-6-8-13(9-7-12)15(24(2)3)11-23-17(25)14-5-4-10-22-16(14)18(19,20)21/h4-10,15H,11H2,1-3H3,(H,23,25)/t15-/m0/s1. The molecule has 7 heteroatoms. The molecule has 2 rings (SSSR count). The maximum absolute atomic E-state index is 13.0. The number of nitrogens with one attached hydrogen (secondary N) is 1. The Hall–Kier alpha value is -2.41. The summed E-state index contributed by atoms with van der Waals surface area (Å²) in [6.07, 6.45) is -3.65. The largest absolute Gasteiger partial charge is 0.434 e. The molecule has 2 aromatic rings. The van der Waals surface area contributed by atoms with Crippen LogP contribution >= 0.6 is 0 Å². The van der Waals surface area contributed by atoms with E-state index in [-0.39, 0.29) is 12.6 Å². The summed E-state index contributed by atoms with van der Waals surface area (Å²) in [4.78, 5) is 17.5. The van der Waals surface area contributed by atoms with Crippen LogP contribution in [-0.2, 0) is 6.18 Å². The summed E-state index contributed by atoms with van der Waals surface area (Å²) in [5, 5.41) is 2.59. The molecule has 4 nitrogen and oxygen atoms in total. The van der Waals surface area contributed by atoms with Gasteiger partial charge in [0.2, 0.25) is 0 Å². The molecule has 25 heavy (non-hydrogen) atoms. The van der Waals surface area contributed by atoms with Gasteiger partial charge >= 0.3 is 6.18 Å². The lowest BCUT2D eigenvalue weighted by molar-refractivity contribution is -0.141. The zero-order chi connectivity index (χ0) is 18.6. The SMILES string of the molecule is Cc1ccc([C@H](CNC(=O)c2cccnc2C(F)(F)F)N(C)C)cc1. The van der Waals surface area contributed by atoms with Crippen LogP contribution < -0.4 is 5.32 Å². The summed E-state index contributed by atoms with van der Waals surface area (Å²) in [5.74, 6) is -0.792. The third-order valence-electron chi connectivity index (χ3n) is 3.86. The summed E-state index contributed by atoms with van der Waals surface area (Å²) in [6, 6.07) is 10.1. The second-order valence-electron chi connectivity index (χ2n) is 6.00. The molecule has 0 spiro atoms. The number of amides is 1. The lowest BCUT2D eigenvalue weighted by Gasteiger charge is -2.25. The van der Waals surface area contributed by atoms with Crippen LogP contribution in [-0.4, -0.2) is 36.4 Å². The molecular formula is C18H20F3N3O. The van der Waals surface area contributed by atoms with Gasteiger partial charge in [0.1, 0.15) is 0 Å². The molecule has 0 saturated heterocycles. The molecule has 1 heterocycles. The predicted octanol–water partition coefficient (Wildman–Crippen LogP) is 3.44. The van der Waals surface area contributed by atoms with E-state index in [1.165, 1.54) is 6.07 Å². The van der Waals surface area contributed by atoms with E-state index in [0.717, 1.165) is 23.4 Å². The van der Waals surface area contributed by atoms with E-state index in [2.05, 4.69) is 10.3 Å². The van der Waals surface area contributed by atoms with Gasteiger partial charge in [0.25, 0.3) is 5.91 Å². The summed E-state index contributed by atoms with van der Waals surface area (Å²) in [7, 11) is 3.70. The molecule has 1 atom stereocenters. The quantitative estimate of drug-likeness (QED) is 0.898. The summed E-state index contributed by atoms with van der Waals surface area (Å²) in [6.45, 7) is 2.15. The van der Waals surface area contributed by atoms with Crippen molar-refractivity contribution in [3.8, 4) is 0 Å². The number of hydrogen-bond donors (Lipinski definition) is 1. The van der Waals surface area contributed by atoms with E-state index in [4.69, 9.17) is 0 Å². The Kier molecular flexibility index (Phi) is 5.79. The first-order valence-corrected chi connectivity index (χ1v) is 7.73. The van der Waals surface area contributed by atoms with E-state index in [0.29, 0.717) is 0 Å². The minimum atomic E-state index is -4.67. The molecule has 0 saturated carbocycles. The Labute approximate surface area is 144 Å². The van der Waals surface area contributed by atoms with Crippen molar-refractivity contribution in [2.75, 3.05) is 20.6 Å². The Bertz CT molecular complexity index is 727. The molecule has 0 aliphatic rings.